The van der Waals surface area contributed by atoms with E-state index in [0.717, 1.165) is 43.4 Å². The number of halogens is 2. The Morgan fingerprint density at radius 2 is 1.70 bits per heavy atom. The molecule has 0 aromatic heterocycles. The minimum Gasteiger partial charge on any atom is -0.502 e. The van der Waals surface area contributed by atoms with Gasteiger partial charge >= 0.3 is 7.12 Å². The Balaban J connectivity index is 0.000000981. The molecule has 0 saturated carbocycles. The number of alkyl halides is 2. The number of carbonyl (C=O) groups is 1. The van der Waals surface area contributed by atoms with Crippen LogP contribution in [0.25, 0.3) is 0 Å². The summed E-state index contributed by atoms with van der Waals surface area (Å²) in [5.74, 6) is 0.755. The van der Waals surface area contributed by atoms with Crippen LogP contribution in [0.3, 0.4) is 0 Å². The molecule has 0 radical (unpaired) electrons. The lowest BCUT2D eigenvalue weighted by Crippen LogP contribution is -2.41. The molecule has 1 heterocycles. The van der Waals surface area contributed by atoms with E-state index >= 15 is 0 Å². The van der Waals surface area contributed by atoms with E-state index in [1.807, 2.05) is 33.8 Å². The van der Waals surface area contributed by atoms with Gasteiger partial charge in [-0.3, -0.25) is 10.2 Å². The molecule has 1 aromatic rings. The van der Waals surface area contributed by atoms with Crippen LogP contribution in [-0.4, -0.2) is 38.4 Å². The van der Waals surface area contributed by atoms with Gasteiger partial charge in [0, 0.05) is 12.1 Å². The Bertz CT molecular complexity index is 744. The largest absolute Gasteiger partial charge is 0.502 e. The molecule has 2 N–H and O–H groups in total. The van der Waals surface area contributed by atoms with Crippen LogP contribution >= 0.6 is 0 Å². The van der Waals surface area contributed by atoms with Gasteiger partial charge in [0.2, 0.25) is 6.41 Å². The molecule has 1 saturated heterocycles. The fraction of sp³-hybridized carbons (Fsp3) is 0.625. The highest BCUT2D eigenvalue weighted by molar-refractivity contribution is 6.62. The maximum atomic E-state index is 13.4. The number of benzene rings is 1. The normalized spacial score (nSPS) is 16.2. The second kappa shape index (κ2) is 13.7. The van der Waals surface area contributed by atoms with Gasteiger partial charge in [0.25, 0.3) is 6.43 Å². The number of carbonyl (C=O) groups excluding carboxylic acids is 1. The van der Waals surface area contributed by atoms with Crippen LogP contribution in [0.2, 0.25) is 0 Å². The predicted molar refractivity (Wildman–Crippen MR) is 128 cm³/mol. The van der Waals surface area contributed by atoms with Crippen LogP contribution < -0.4 is 16.3 Å². The van der Waals surface area contributed by atoms with Gasteiger partial charge in [0.1, 0.15) is 0 Å². The number of amides is 1. The molecule has 1 aliphatic rings. The fourth-order valence-electron chi connectivity index (χ4n) is 3.14. The molecule has 1 aliphatic heterocycles. The third-order valence-electron chi connectivity index (χ3n) is 5.84. The third-order valence-corrected chi connectivity index (χ3v) is 5.84. The Labute approximate surface area is 197 Å². The van der Waals surface area contributed by atoms with Crippen LogP contribution in [0.15, 0.2) is 30.5 Å². The lowest BCUT2D eigenvalue weighted by Gasteiger charge is -2.32. The van der Waals surface area contributed by atoms with Gasteiger partial charge < -0.3 is 14.0 Å². The first-order valence-corrected chi connectivity index (χ1v) is 11.3. The summed E-state index contributed by atoms with van der Waals surface area (Å²) >= 11 is 0. The summed E-state index contributed by atoms with van der Waals surface area (Å²) in [6, 6.07) is 4.99. The van der Waals surface area contributed by atoms with Crippen molar-refractivity contribution >= 4 is 19.0 Å². The predicted octanol–water partition coefficient (Wildman–Crippen LogP) is 4.44. The summed E-state index contributed by atoms with van der Waals surface area (Å²) in [5.41, 5.74) is 5.70. The number of hydrogen-bond acceptors (Lipinski definition) is 5. The average molecular weight is 468 g/mol. The van der Waals surface area contributed by atoms with Crippen LogP contribution in [0.4, 0.5) is 8.78 Å². The Hall–Kier alpha value is -1.97. The topological polar surface area (TPSA) is 68.8 Å². The summed E-state index contributed by atoms with van der Waals surface area (Å²) in [7, 11) is 0.960. The van der Waals surface area contributed by atoms with E-state index < -0.39 is 24.7 Å². The first-order chi connectivity index (χ1) is 15.4. The van der Waals surface area contributed by atoms with Gasteiger partial charge in [-0.1, -0.05) is 37.6 Å². The molecule has 1 fully saturated rings. The van der Waals surface area contributed by atoms with Gasteiger partial charge in [-0.25, -0.2) is 14.2 Å². The molecule has 1 aromatic carbocycles. The van der Waals surface area contributed by atoms with E-state index in [-0.39, 0.29) is 5.56 Å². The third kappa shape index (κ3) is 9.82. The summed E-state index contributed by atoms with van der Waals surface area (Å²) in [5, 5.41) is 0. The second-order valence-corrected chi connectivity index (χ2v) is 9.16. The van der Waals surface area contributed by atoms with Gasteiger partial charge in [-0.05, 0) is 64.9 Å². The zero-order valence-corrected chi connectivity index (χ0v) is 20.8. The molecule has 0 atom stereocenters. The maximum absolute atomic E-state index is 13.4. The first kappa shape index (κ1) is 29.1. The minimum atomic E-state index is -2.53. The zero-order chi connectivity index (χ0) is 25.1. The maximum Gasteiger partial charge on any atom is 0.494 e. The van der Waals surface area contributed by atoms with E-state index in [2.05, 4.69) is 22.2 Å². The second-order valence-electron chi connectivity index (χ2n) is 9.16. The monoisotopic (exact) mass is 468 g/mol. The molecule has 0 aliphatic carbocycles. The summed E-state index contributed by atoms with van der Waals surface area (Å²) in [6.45, 7) is 13.8. The fourth-order valence-corrected chi connectivity index (χ4v) is 3.14. The SMILES string of the molecule is C=C(C)OC.CC1(C)OB(c2cc(CCCCCCNNC=O)cc(C(F)F)c2)OC1(C)C. The summed E-state index contributed by atoms with van der Waals surface area (Å²) in [6.07, 6.45) is 2.66. The molecule has 0 unspecified atom stereocenters. The smallest absolute Gasteiger partial charge is 0.494 e. The Morgan fingerprint density at radius 1 is 1.12 bits per heavy atom. The number of aryl methyl sites for hydroxylation is 1. The van der Waals surface area contributed by atoms with Crippen molar-refractivity contribution in [2.24, 2.45) is 0 Å². The van der Waals surface area contributed by atoms with Gasteiger partial charge in [0.15, 0.2) is 0 Å². The number of methoxy groups -OCH3 is 1. The van der Waals surface area contributed by atoms with Crippen molar-refractivity contribution in [2.45, 2.75) is 84.4 Å². The van der Waals surface area contributed by atoms with E-state index in [0.29, 0.717) is 18.4 Å². The van der Waals surface area contributed by atoms with Crippen molar-refractivity contribution in [2.75, 3.05) is 13.7 Å². The molecule has 186 valence electrons. The van der Waals surface area contributed by atoms with Crippen molar-refractivity contribution in [3.8, 4) is 0 Å². The van der Waals surface area contributed by atoms with Crippen LogP contribution in [0.5, 0.6) is 0 Å². The van der Waals surface area contributed by atoms with Gasteiger partial charge in [0.05, 0.1) is 24.1 Å². The Kier molecular flexibility index (Phi) is 12.0. The van der Waals surface area contributed by atoms with E-state index in [1.165, 1.54) is 6.07 Å². The zero-order valence-electron chi connectivity index (χ0n) is 20.8. The standard InChI is InChI=1S/C20H31BF2N2O3.C4H8O/c1-19(2)20(3,4)28-21(27-19)17-12-15(11-16(13-17)18(22)23)9-7-5-6-8-10-24-25-14-26;1-4(2)5-3/h11-14,18,24H,5-10H2,1-4H3,(H,25,26);1H2,2-3H3. The van der Waals surface area contributed by atoms with Crippen molar-refractivity contribution in [3.05, 3.63) is 41.7 Å². The van der Waals surface area contributed by atoms with Crippen molar-refractivity contribution in [3.63, 3.8) is 0 Å². The minimum absolute atomic E-state index is 0.00588. The highest BCUT2D eigenvalue weighted by atomic mass is 19.3. The van der Waals surface area contributed by atoms with E-state index in [4.69, 9.17) is 9.31 Å². The number of hydrogen-bond donors (Lipinski definition) is 2. The lowest BCUT2D eigenvalue weighted by molar-refractivity contribution is -0.110. The van der Waals surface area contributed by atoms with Gasteiger partial charge in [-0.2, -0.15) is 0 Å². The molecule has 33 heavy (non-hydrogen) atoms. The number of hydrazine groups is 1. The summed E-state index contributed by atoms with van der Waals surface area (Å²) in [4.78, 5) is 10.1. The number of nitrogens with one attached hydrogen (secondary N) is 2. The molecular formula is C24H39BF2N2O4. The average Bonchev–Trinajstić information content (AvgIpc) is 2.97. The lowest BCUT2D eigenvalue weighted by atomic mass is 9.77. The van der Waals surface area contributed by atoms with Crippen LogP contribution in [0, 0.1) is 0 Å². The number of allylic oxidation sites excluding steroid dienone is 1. The molecule has 6 nitrogen and oxygen atoms in total. The van der Waals surface area contributed by atoms with Crippen molar-refractivity contribution < 1.29 is 27.6 Å². The summed E-state index contributed by atoms with van der Waals surface area (Å²) < 4.78 is 43.4. The van der Waals surface area contributed by atoms with Gasteiger partial charge in [-0.15, -0.1) is 0 Å². The number of ether oxygens (including phenoxy) is 1. The first-order valence-electron chi connectivity index (χ1n) is 11.3. The molecular weight excluding hydrogens is 429 g/mol. The molecule has 2 rings (SSSR count). The van der Waals surface area contributed by atoms with Crippen molar-refractivity contribution in [1.82, 2.24) is 10.9 Å². The highest BCUT2D eigenvalue weighted by Gasteiger charge is 2.51. The van der Waals surface area contributed by atoms with Crippen LogP contribution in [0.1, 0.15) is 77.9 Å². The van der Waals surface area contributed by atoms with Crippen molar-refractivity contribution in [1.29, 1.82) is 0 Å². The molecule has 1 amide bonds. The highest BCUT2D eigenvalue weighted by Crippen LogP contribution is 2.36. The Morgan fingerprint density at radius 3 is 2.21 bits per heavy atom. The molecule has 0 spiro atoms. The van der Waals surface area contributed by atoms with E-state index in [9.17, 15) is 13.6 Å². The quantitative estimate of drug-likeness (QED) is 0.156. The van der Waals surface area contributed by atoms with E-state index in [1.54, 1.807) is 20.1 Å². The number of unbranched alkanes of at least 4 members (excludes halogenated alkanes) is 3. The molecule has 0 bridgehead atoms. The molecule has 9 heteroatoms. The number of rotatable bonds is 12. The van der Waals surface area contributed by atoms with Crippen LogP contribution in [-0.2, 0) is 25.3 Å².